The highest BCUT2D eigenvalue weighted by atomic mass is 16.2. The molecular weight excluding hydrogens is 434 g/mol. The fraction of sp³-hybridized carbons (Fsp3) is 0.320. The molecule has 1 aromatic carbocycles. The van der Waals surface area contributed by atoms with Gasteiger partial charge in [0.15, 0.2) is 0 Å². The molecule has 2 aliphatic heterocycles. The Balaban J connectivity index is 1.59. The molecule has 0 saturated carbocycles. The molecule has 2 N–H and O–H groups in total. The average Bonchev–Trinajstić information content (AvgIpc) is 3.23. The zero-order valence-electron chi connectivity index (χ0n) is 19.4. The zero-order valence-corrected chi connectivity index (χ0v) is 19.4. The Hall–Kier alpha value is -4.01. The van der Waals surface area contributed by atoms with Crippen molar-refractivity contribution in [3.8, 4) is 11.3 Å². The van der Waals surface area contributed by atoms with Gasteiger partial charge in [-0.1, -0.05) is 12.1 Å². The summed E-state index contributed by atoms with van der Waals surface area (Å²) in [5, 5.41) is 5.74. The molecule has 9 heteroatoms. The second kappa shape index (κ2) is 7.51. The molecule has 174 valence electrons. The summed E-state index contributed by atoms with van der Waals surface area (Å²) in [5.74, 6) is -1.31. The second-order valence-electron chi connectivity index (χ2n) is 9.75. The predicted molar refractivity (Wildman–Crippen MR) is 125 cm³/mol. The minimum Gasteiger partial charge on any atom is -0.365 e. The Bertz CT molecular complexity index is 1400. The molecule has 0 radical (unpaired) electrons. The lowest BCUT2D eigenvalue weighted by Gasteiger charge is -2.27. The van der Waals surface area contributed by atoms with E-state index in [4.69, 9.17) is 4.98 Å². The van der Waals surface area contributed by atoms with Gasteiger partial charge in [0.05, 0.1) is 11.1 Å². The topological polar surface area (TPSA) is 113 Å². The van der Waals surface area contributed by atoms with E-state index in [9.17, 15) is 19.2 Å². The Morgan fingerprint density at radius 3 is 2.47 bits per heavy atom. The summed E-state index contributed by atoms with van der Waals surface area (Å²) < 4.78 is 2.02. The van der Waals surface area contributed by atoms with E-state index in [1.807, 2.05) is 29.5 Å². The third-order valence-electron chi connectivity index (χ3n) is 6.05. The van der Waals surface area contributed by atoms with Crippen molar-refractivity contribution in [1.82, 2.24) is 19.6 Å². The number of imidazole rings is 1. The molecule has 2 aliphatic rings. The lowest BCUT2D eigenvalue weighted by molar-refractivity contribution is -0.136. The van der Waals surface area contributed by atoms with Crippen LogP contribution in [0.4, 0.5) is 5.82 Å². The first-order valence-corrected chi connectivity index (χ1v) is 11.2. The molecule has 1 saturated heterocycles. The van der Waals surface area contributed by atoms with Crippen molar-refractivity contribution in [3.05, 3.63) is 53.2 Å². The van der Waals surface area contributed by atoms with Crippen molar-refractivity contribution < 1.29 is 19.2 Å². The molecule has 9 nitrogen and oxygen atoms in total. The van der Waals surface area contributed by atoms with Gasteiger partial charge in [-0.05, 0) is 58.4 Å². The maximum absolute atomic E-state index is 13.3. The summed E-state index contributed by atoms with van der Waals surface area (Å²) in [7, 11) is 0. The monoisotopic (exact) mass is 459 g/mol. The number of benzene rings is 1. The highest BCUT2D eigenvalue weighted by molar-refractivity contribution is 6.23. The zero-order chi connectivity index (χ0) is 24.4. The smallest absolute Gasteiger partial charge is 0.262 e. The van der Waals surface area contributed by atoms with E-state index < -0.39 is 29.7 Å². The van der Waals surface area contributed by atoms with Crippen molar-refractivity contribution in [1.29, 1.82) is 0 Å². The maximum atomic E-state index is 13.3. The summed E-state index contributed by atoms with van der Waals surface area (Å²) >= 11 is 0. The largest absolute Gasteiger partial charge is 0.365 e. The van der Waals surface area contributed by atoms with E-state index in [0.29, 0.717) is 11.3 Å². The Labute approximate surface area is 196 Å². The third-order valence-corrected chi connectivity index (χ3v) is 6.05. The van der Waals surface area contributed by atoms with Crippen molar-refractivity contribution in [2.75, 3.05) is 5.32 Å². The van der Waals surface area contributed by atoms with Crippen molar-refractivity contribution in [3.63, 3.8) is 0 Å². The van der Waals surface area contributed by atoms with Crippen LogP contribution in [-0.2, 0) is 9.59 Å². The van der Waals surface area contributed by atoms with Gasteiger partial charge in [-0.3, -0.25) is 33.8 Å². The van der Waals surface area contributed by atoms with Gasteiger partial charge in [0.25, 0.3) is 11.8 Å². The van der Waals surface area contributed by atoms with Crippen LogP contribution in [0.5, 0.6) is 0 Å². The van der Waals surface area contributed by atoms with E-state index in [1.165, 1.54) is 0 Å². The normalized spacial score (nSPS) is 18.5. The van der Waals surface area contributed by atoms with Gasteiger partial charge in [-0.15, -0.1) is 0 Å². The summed E-state index contributed by atoms with van der Waals surface area (Å²) in [5.41, 5.74) is 3.31. The van der Waals surface area contributed by atoms with Crippen LogP contribution >= 0.6 is 0 Å². The third kappa shape index (κ3) is 3.44. The highest BCUT2D eigenvalue weighted by Gasteiger charge is 2.44. The number of nitrogens with one attached hydrogen (secondary N) is 2. The van der Waals surface area contributed by atoms with Crippen LogP contribution in [0.25, 0.3) is 16.9 Å². The summed E-state index contributed by atoms with van der Waals surface area (Å²) in [4.78, 5) is 55.9. The number of aromatic nitrogens is 2. The second-order valence-corrected chi connectivity index (χ2v) is 9.75. The molecule has 5 rings (SSSR count). The average molecular weight is 460 g/mol. The summed E-state index contributed by atoms with van der Waals surface area (Å²) in [6.07, 6.45) is 0.200. The molecule has 4 amide bonds. The molecule has 0 bridgehead atoms. The fourth-order valence-electron chi connectivity index (χ4n) is 4.54. The van der Waals surface area contributed by atoms with E-state index in [1.54, 1.807) is 18.2 Å². The molecule has 0 aliphatic carbocycles. The number of hydrogen-bond donors (Lipinski definition) is 2. The Kier molecular flexibility index (Phi) is 4.82. The van der Waals surface area contributed by atoms with Gasteiger partial charge in [0.1, 0.15) is 23.2 Å². The van der Waals surface area contributed by atoms with Crippen molar-refractivity contribution in [2.24, 2.45) is 0 Å². The quantitative estimate of drug-likeness (QED) is 0.583. The van der Waals surface area contributed by atoms with Crippen LogP contribution in [0.1, 0.15) is 60.0 Å². The van der Waals surface area contributed by atoms with E-state index >= 15 is 0 Å². The SMILES string of the molecule is Cc1cccc2nc(-c3ccc4c(c3)C(=O)N(C3CCC(=O)NC3=O)C4=O)c(NC(C)(C)C)n12. The molecular formula is C25H25N5O4. The molecule has 1 fully saturated rings. The number of piperidine rings is 1. The lowest BCUT2D eigenvalue weighted by Crippen LogP contribution is -2.54. The minimum atomic E-state index is -0.996. The number of amides is 4. The molecule has 34 heavy (non-hydrogen) atoms. The number of hydrogen-bond acceptors (Lipinski definition) is 6. The lowest BCUT2D eigenvalue weighted by atomic mass is 10.0. The molecule has 1 unspecified atom stereocenters. The number of rotatable bonds is 3. The predicted octanol–water partition coefficient (Wildman–Crippen LogP) is 2.92. The van der Waals surface area contributed by atoms with Gasteiger partial charge < -0.3 is 5.32 Å². The summed E-state index contributed by atoms with van der Waals surface area (Å²) in [6, 6.07) is 9.88. The van der Waals surface area contributed by atoms with Gasteiger partial charge >= 0.3 is 0 Å². The minimum absolute atomic E-state index is 0.0808. The molecule has 0 spiro atoms. The first kappa shape index (κ1) is 21.8. The Morgan fingerprint density at radius 2 is 1.76 bits per heavy atom. The number of imide groups is 2. The number of aryl methyl sites for hydroxylation is 1. The Morgan fingerprint density at radius 1 is 1.03 bits per heavy atom. The number of anilines is 1. The van der Waals surface area contributed by atoms with Crippen LogP contribution in [0, 0.1) is 6.92 Å². The standard InChI is InChI=1S/C25H25N5O4/c1-13-6-5-7-18-26-20(21(29(13)18)28-25(2,3)4)14-8-9-15-16(12-14)24(34)30(23(15)33)17-10-11-19(31)27-22(17)32/h5-9,12,17,28H,10-11H2,1-4H3,(H,27,31,32). The van der Waals surface area contributed by atoms with E-state index in [-0.39, 0.29) is 29.5 Å². The summed E-state index contributed by atoms with van der Waals surface area (Å²) in [6.45, 7) is 8.15. The molecule has 4 heterocycles. The number of carbonyl (C=O) groups excluding carboxylic acids is 4. The van der Waals surface area contributed by atoms with Gasteiger partial charge in [0.2, 0.25) is 11.8 Å². The van der Waals surface area contributed by atoms with Crippen LogP contribution in [0.3, 0.4) is 0 Å². The first-order chi connectivity index (χ1) is 16.0. The first-order valence-electron chi connectivity index (χ1n) is 11.2. The van der Waals surface area contributed by atoms with Gasteiger partial charge in [-0.2, -0.15) is 0 Å². The number of fused-ring (bicyclic) bond motifs is 2. The van der Waals surface area contributed by atoms with E-state index in [0.717, 1.165) is 22.1 Å². The highest BCUT2D eigenvalue weighted by Crippen LogP contribution is 2.35. The van der Waals surface area contributed by atoms with E-state index in [2.05, 4.69) is 31.4 Å². The van der Waals surface area contributed by atoms with Gasteiger partial charge in [0, 0.05) is 23.2 Å². The maximum Gasteiger partial charge on any atom is 0.262 e. The molecule has 1 atom stereocenters. The van der Waals surface area contributed by atoms with Crippen LogP contribution < -0.4 is 10.6 Å². The number of pyridine rings is 1. The fourth-order valence-corrected chi connectivity index (χ4v) is 4.54. The van der Waals surface area contributed by atoms with Crippen LogP contribution in [-0.4, -0.2) is 49.5 Å². The van der Waals surface area contributed by atoms with Crippen LogP contribution in [0.15, 0.2) is 36.4 Å². The van der Waals surface area contributed by atoms with Crippen LogP contribution in [0.2, 0.25) is 0 Å². The molecule has 2 aromatic heterocycles. The van der Waals surface area contributed by atoms with Crippen molar-refractivity contribution in [2.45, 2.75) is 52.1 Å². The molecule has 3 aromatic rings. The van der Waals surface area contributed by atoms with Crippen molar-refractivity contribution >= 4 is 35.1 Å². The number of nitrogens with zero attached hydrogens (tertiary/aromatic N) is 3. The number of carbonyl (C=O) groups is 4. The van der Waals surface area contributed by atoms with Gasteiger partial charge in [-0.25, -0.2) is 4.98 Å².